The maximum atomic E-state index is 10.0. The molecular weight excluding hydrogens is 154 g/mol. The van der Waals surface area contributed by atoms with Crippen LogP contribution in [0.5, 0.6) is 0 Å². The fraction of sp³-hybridized carbons (Fsp3) is 0.889. The first-order chi connectivity index (χ1) is 5.83. The van der Waals surface area contributed by atoms with Crippen molar-refractivity contribution < 1.29 is 9.90 Å². The summed E-state index contributed by atoms with van der Waals surface area (Å²) in [4.78, 5) is 12.4. The Labute approximate surface area is 73.4 Å². The summed E-state index contributed by atoms with van der Waals surface area (Å²) in [6.45, 7) is 2.98. The van der Waals surface area contributed by atoms with Crippen molar-refractivity contribution in [2.75, 3.05) is 19.6 Å². The van der Waals surface area contributed by atoms with Gasteiger partial charge in [-0.15, -0.1) is 0 Å². The Hall–Kier alpha value is -0.410. The van der Waals surface area contributed by atoms with Gasteiger partial charge in [0.1, 0.15) is 6.29 Å². The molecule has 1 aliphatic rings. The lowest BCUT2D eigenvalue weighted by molar-refractivity contribution is -0.108. The van der Waals surface area contributed by atoms with Crippen molar-refractivity contribution in [1.29, 1.82) is 0 Å². The van der Waals surface area contributed by atoms with Crippen LogP contribution in [0.3, 0.4) is 0 Å². The number of aliphatic hydroxyl groups is 1. The van der Waals surface area contributed by atoms with E-state index in [0.717, 1.165) is 45.2 Å². The van der Waals surface area contributed by atoms with Gasteiger partial charge in [-0.25, -0.2) is 0 Å². The first-order valence-electron chi connectivity index (χ1n) is 4.67. The summed E-state index contributed by atoms with van der Waals surface area (Å²) < 4.78 is 0. The van der Waals surface area contributed by atoms with Gasteiger partial charge in [-0.2, -0.15) is 0 Å². The number of nitrogens with zero attached hydrogens (tertiary/aromatic N) is 1. The molecule has 0 saturated carbocycles. The smallest absolute Gasteiger partial charge is 0.120 e. The third-order valence-electron chi connectivity index (χ3n) is 2.35. The standard InChI is InChI=1S/C9H17NO2/c11-8-2-1-5-10-6-3-9(12)4-7-10/h8-9,12H,1-7H2. The number of unbranched alkanes of at least 4 members (excludes halogenated alkanes) is 1. The Morgan fingerprint density at radius 1 is 1.42 bits per heavy atom. The molecule has 0 aromatic carbocycles. The number of likely N-dealkylation sites (tertiary alicyclic amines) is 1. The highest BCUT2D eigenvalue weighted by Gasteiger charge is 2.15. The van der Waals surface area contributed by atoms with E-state index in [1.165, 1.54) is 0 Å². The van der Waals surface area contributed by atoms with Crippen molar-refractivity contribution in [2.24, 2.45) is 0 Å². The maximum Gasteiger partial charge on any atom is 0.120 e. The van der Waals surface area contributed by atoms with Crippen LogP contribution in [0.15, 0.2) is 0 Å². The monoisotopic (exact) mass is 171 g/mol. The molecule has 1 fully saturated rings. The highest BCUT2D eigenvalue weighted by Crippen LogP contribution is 2.09. The first-order valence-corrected chi connectivity index (χ1v) is 4.67. The minimum Gasteiger partial charge on any atom is -0.393 e. The molecule has 0 aromatic heterocycles. The zero-order chi connectivity index (χ0) is 8.81. The van der Waals surface area contributed by atoms with E-state index in [4.69, 9.17) is 0 Å². The van der Waals surface area contributed by atoms with Crippen molar-refractivity contribution in [3.05, 3.63) is 0 Å². The van der Waals surface area contributed by atoms with Gasteiger partial charge >= 0.3 is 0 Å². The molecular formula is C9H17NO2. The second-order valence-corrected chi connectivity index (χ2v) is 3.38. The number of hydrogen-bond donors (Lipinski definition) is 1. The Balaban J connectivity index is 2.05. The predicted octanol–water partition coefficient (Wildman–Crippen LogP) is 0.422. The third-order valence-corrected chi connectivity index (χ3v) is 2.35. The van der Waals surface area contributed by atoms with Crippen molar-refractivity contribution in [2.45, 2.75) is 31.8 Å². The van der Waals surface area contributed by atoms with Crippen LogP contribution in [0.2, 0.25) is 0 Å². The molecule has 0 unspecified atom stereocenters. The van der Waals surface area contributed by atoms with E-state index in [0.29, 0.717) is 6.42 Å². The maximum absolute atomic E-state index is 10.0. The van der Waals surface area contributed by atoms with Crippen molar-refractivity contribution in [1.82, 2.24) is 4.90 Å². The summed E-state index contributed by atoms with van der Waals surface area (Å²) in [5.41, 5.74) is 0. The third kappa shape index (κ3) is 3.32. The minimum atomic E-state index is -0.0904. The summed E-state index contributed by atoms with van der Waals surface area (Å²) in [6.07, 6.45) is 4.28. The van der Waals surface area contributed by atoms with Gasteiger partial charge in [0, 0.05) is 19.5 Å². The van der Waals surface area contributed by atoms with Crippen LogP contribution in [-0.2, 0) is 4.79 Å². The van der Waals surface area contributed by atoms with Gasteiger partial charge in [-0.05, 0) is 25.8 Å². The summed E-state index contributed by atoms with van der Waals surface area (Å²) in [7, 11) is 0. The lowest BCUT2D eigenvalue weighted by atomic mass is 10.1. The lowest BCUT2D eigenvalue weighted by Crippen LogP contribution is -2.36. The SMILES string of the molecule is O=CCCCN1CCC(O)CC1. The highest BCUT2D eigenvalue weighted by molar-refractivity contribution is 5.48. The molecule has 0 aliphatic carbocycles. The molecule has 1 N–H and O–H groups in total. The Bertz CT molecular complexity index is 130. The van der Waals surface area contributed by atoms with Gasteiger partial charge in [0.25, 0.3) is 0 Å². The molecule has 1 aliphatic heterocycles. The molecule has 0 amide bonds. The molecule has 1 heterocycles. The Morgan fingerprint density at radius 2 is 2.08 bits per heavy atom. The molecule has 0 bridgehead atoms. The molecule has 1 saturated heterocycles. The molecule has 0 aromatic rings. The molecule has 0 spiro atoms. The number of aldehydes is 1. The normalized spacial score (nSPS) is 21.1. The first kappa shape index (κ1) is 9.68. The van der Waals surface area contributed by atoms with Crippen LogP contribution in [-0.4, -0.2) is 42.0 Å². The summed E-state index contributed by atoms with van der Waals surface area (Å²) in [6, 6.07) is 0. The van der Waals surface area contributed by atoms with Crippen LogP contribution in [0.1, 0.15) is 25.7 Å². The Morgan fingerprint density at radius 3 is 2.67 bits per heavy atom. The highest BCUT2D eigenvalue weighted by atomic mass is 16.3. The van der Waals surface area contributed by atoms with Crippen LogP contribution in [0, 0.1) is 0 Å². The molecule has 1 rings (SSSR count). The van der Waals surface area contributed by atoms with Crippen molar-refractivity contribution in [3.8, 4) is 0 Å². The van der Waals surface area contributed by atoms with Gasteiger partial charge in [-0.3, -0.25) is 0 Å². The average Bonchev–Trinajstić information content (AvgIpc) is 2.09. The molecule has 70 valence electrons. The molecule has 3 nitrogen and oxygen atoms in total. The van der Waals surface area contributed by atoms with Gasteiger partial charge < -0.3 is 14.8 Å². The molecule has 3 heteroatoms. The van der Waals surface area contributed by atoms with E-state index >= 15 is 0 Å². The number of hydrogen-bond acceptors (Lipinski definition) is 3. The summed E-state index contributed by atoms with van der Waals surface area (Å²) in [5.74, 6) is 0. The van der Waals surface area contributed by atoms with E-state index in [1.807, 2.05) is 0 Å². The van der Waals surface area contributed by atoms with Crippen molar-refractivity contribution in [3.63, 3.8) is 0 Å². The van der Waals surface area contributed by atoms with E-state index in [1.54, 1.807) is 0 Å². The lowest BCUT2D eigenvalue weighted by Gasteiger charge is -2.29. The Kier molecular flexibility index (Phi) is 4.25. The topological polar surface area (TPSA) is 40.5 Å². The van der Waals surface area contributed by atoms with Crippen LogP contribution in [0.25, 0.3) is 0 Å². The quantitative estimate of drug-likeness (QED) is 0.492. The average molecular weight is 171 g/mol. The van der Waals surface area contributed by atoms with E-state index in [2.05, 4.69) is 4.90 Å². The molecule has 12 heavy (non-hydrogen) atoms. The largest absolute Gasteiger partial charge is 0.393 e. The van der Waals surface area contributed by atoms with E-state index < -0.39 is 0 Å². The minimum absolute atomic E-state index is 0.0904. The zero-order valence-corrected chi connectivity index (χ0v) is 7.41. The number of carbonyl (C=O) groups excluding carboxylic acids is 1. The fourth-order valence-electron chi connectivity index (χ4n) is 1.54. The number of carbonyl (C=O) groups is 1. The number of piperidine rings is 1. The van der Waals surface area contributed by atoms with Crippen LogP contribution in [0.4, 0.5) is 0 Å². The second-order valence-electron chi connectivity index (χ2n) is 3.38. The number of rotatable bonds is 4. The van der Waals surface area contributed by atoms with Crippen LogP contribution < -0.4 is 0 Å². The van der Waals surface area contributed by atoms with Gasteiger partial charge in [0.05, 0.1) is 6.10 Å². The molecule has 0 atom stereocenters. The van der Waals surface area contributed by atoms with Gasteiger partial charge in [0.15, 0.2) is 0 Å². The van der Waals surface area contributed by atoms with Crippen molar-refractivity contribution >= 4 is 6.29 Å². The predicted molar refractivity (Wildman–Crippen MR) is 47.0 cm³/mol. The summed E-state index contributed by atoms with van der Waals surface area (Å²) >= 11 is 0. The van der Waals surface area contributed by atoms with Gasteiger partial charge in [0.2, 0.25) is 0 Å². The van der Waals surface area contributed by atoms with Gasteiger partial charge in [-0.1, -0.05) is 0 Å². The molecule has 0 radical (unpaired) electrons. The van der Waals surface area contributed by atoms with E-state index in [9.17, 15) is 9.90 Å². The fourth-order valence-corrected chi connectivity index (χ4v) is 1.54. The van der Waals surface area contributed by atoms with Crippen LogP contribution >= 0.6 is 0 Å². The number of aliphatic hydroxyl groups excluding tert-OH is 1. The summed E-state index contributed by atoms with van der Waals surface area (Å²) in [5, 5.41) is 9.22. The van der Waals surface area contributed by atoms with E-state index in [-0.39, 0.29) is 6.10 Å². The second kappa shape index (κ2) is 5.27. The zero-order valence-electron chi connectivity index (χ0n) is 7.41.